The number of carbonyl (C=O) groups excluding carboxylic acids is 1. The van der Waals surface area contributed by atoms with Crippen molar-refractivity contribution in [2.75, 3.05) is 5.32 Å². The number of benzene rings is 2. The van der Waals surface area contributed by atoms with E-state index in [-0.39, 0.29) is 10.8 Å². The largest absolute Gasteiger partial charge is 0.322 e. The first-order valence-corrected chi connectivity index (χ1v) is 11.8. The van der Waals surface area contributed by atoms with Crippen LogP contribution in [0.2, 0.25) is 0 Å². The van der Waals surface area contributed by atoms with E-state index in [1.165, 1.54) is 12.1 Å². The predicted molar refractivity (Wildman–Crippen MR) is 121 cm³/mol. The Morgan fingerprint density at radius 2 is 1.70 bits per heavy atom. The number of nitrogens with one attached hydrogen (secondary N) is 2. The number of nitrogens with zero attached hydrogens (tertiary/aromatic N) is 1. The summed E-state index contributed by atoms with van der Waals surface area (Å²) in [7, 11) is -3.73. The van der Waals surface area contributed by atoms with Crippen molar-refractivity contribution < 1.29 is 13.2 Å². The first-order valence-electron chi connectivity index (χ1n) is 9.43. The van der Waals surface area contributed by atoms with Gasteiger partial charge in [-0.25, -0.2) is 18.1 Å². The zero-order valence-corrected chi connectivity index (χ0v) is 19.2. The van der Waals surface area contributed by atoms with Gasteiger partial charge in [0.25, 0.3) is 5.91 Å². The van der Waals surface area contributed by atoms with Crippen LogP contribution in [0.4, 0.5) is 5.69 Å². The highest BCUT2D eigenvalue weighted by Crippen LogP contribution is 2.24. The third kappa shape index (κ3) is 5.33. The lowest BCUT2D eigenvalue weighted by Crippen LogP contribution is -2.40. The lowest BCUT2D eigenvalue weighted by molar-refractivity contribution is 0.102. The fourth-order valence-corrected chi connectivity index (χ4v) is 4.96. The molecular weight excluding hydrogens is 418 g/mol. The average Bonchev–Trinajstić information content (AvgIpc) is 3.07. The highest BCUT2D eigenvalue weighted by molar-refractivity contribution is 7.89. The summed E-state index contributed by atoms with van der Waals surface area (Å²) < 4.78 is 27.8. The molecule has 0 saturated carbocycles. The van der Waals surface area contributed by atoms with E-state index in [0.29, 0.717) is 16.8 Å². The Bertz CT molecular complexity index is 1180. The molecule has 2 aromatic carbocycles. The number of aromatic nitrogens is 1. The number of thiazole rings is 1. The molecule has 0 saturated heterocycles. The summed E-state index contributed by atoms with van der Waals surface area (Å²) in [6.45, 7) is 9.03. The van der Waals surface area contributed by atoms with E-state index in [4.69, 9.17) is 0 Å². The molecule has 1 heterocycles. The molecular formula is C22H25N3O3S2. The first kappa shape index (κ1) is 22.1. The zero-order chi connectivity index (χ0) is 22.1. The molecule has 0 aliphatic rings. The standard InChI is InChI=1S/C22H25N3O3S2/c1-14-6-11-18(30(27,28)25-22(3,4)5)12-19(14)21(26)24-17-9-7-16(8-10-17)20-13-29-15(2)23-20/h6-13,25H,1-5H3,(H,24,26). The van der Waals surface area contributed by atoms with Crippen molar-refractivity contribution in [2.45, 2.75) is 45.1 Å². The molecule has 0 fully saturated rings. The van der Waals surface area contributed by atoms with E-state index in [0.717, 1.165) is 16.3 Å². The molecule has 6 nitrogen and oxygen atoms in total. The van der Waals surface area contributed by atoms with Gasteiger partial charge in [-0.1, -0.05) is 18.2 Å². The summed E-state index contributed by atoms with van der Waals surface area (Å²) in [6, 6.07) is 11.9. The molecule has 0 bridgehead atoms. The molecule has 1 amide bonds. The molecule has 3 rings (SSSR count). The number of hydrogen-bond donors (Lipinski definition) is 2. The third-order valence-corrected chi connectivity index (χ3v) is 6.79. The lowest BCUT2D eigenvalue weighted by Gasteiger charge is -2.20. The van der Waals surface area contributed by atoms with Crippen LogP contribution in [0.25, 0.3) is 11.3 Å². The molecule has 0 atom stereocenters. The molecule has 30 heavy (non-hydrogen) atoms. The summed E-state index contributed by atoms with van der Waals surface area (Å²) in [5, 5.41) is 5.82. The molecule has 2 N–H and O–H groups in total. The Hall–Kier alpha value is -2.55. The molecule has 3 aromatic rings. The Labute approximate surface area is 181 Å². The van der Waals surface area contributed by atoms with Crippen molar-refractivity contribution in [2.24, 2.45) is 0 Å². The van der Waals surface area contributed by atoms with Crippen LogP contribution in [0.1, 0.15) is 41.7 Å². The molecule has 0 aliphatic carbocycles. The van der Waals surface area contributed by atoms with Gasteiger partial charge in [0.15, 0.2) is 0 Å². The molecule has 0 unspecified atom stereocenters. The van der Waals surface area contributed by atoms with Crippen molar-refractivity contribution in [1.29, 1.82) is 0 Å². The minimum Gasteiger partial charge on any atom is -0.322 e. The number of rotatable bonds is 5. The zero-order valence-electron chi connectivity index (χ0n) is 17.6. The Morgan fingerprint density at radius 3 is 2.27 bits per heavy atom. The van der Waals surface area contributed by atoms with Crippen LogP contribution in [0.3, 0.4) is 0 Å². The van der Waals surface area contributed by atoms with E-state index in [2.05, 4.69) is 15.0 Å². The van der Waals surface area contributed by atoms with Gasteiger partial charge >= 0.3 is 0 Å². The molecule has 158 valence electrons. The SMILES string of the molecule is Cc1nc(-c2ccc(NC(=O)c3cc(S(=O)(=O)NC(C)(C)C)ccc3C)cc2)cs1. The van der Waals surface area contributed by atoms with Crippen molar-refractivity contribution in [3.8, 4) is 11.3 Å². The summed E-state index contributed by atoms with van der Waals surface area (Å²) in [4.78, 5) is 17.3. The van der Waals surface area contributed by atoms with Crippen LogP contribution < -0.4 is 10.0 Å². The van der Waals surface area contributed by atoms with Crippen LogP contribution in [-0.2, 0) is 10.0 Å². The maximum atomic E-state index is 12.8. The van der Waals surface area contributed by atoms with E-state index >= 15 is 0 Å². The maximum Gasteiger partial charge on any atom is 0.255 e. The van der Waals surface area contributed by atoms with Gasteiger partial charge in [-0.3, -0.25) is 4.79 Å². The van der Waals surface area contributed by atoms with Gasteiger partial charge in [-0.05, 0) is 64.4 Å². The minimum atomic E-state index is -3.73. The fraction of sp³-hybridized carbons (Fsp3) is 0.273. The number of carbonyl (C=O) groups is 1. The summed E-state index contributed by atoms with van der Waals surface area (Å²) in [5.74, 6) is -0.363. The van der Waals surface area contributed by atoms with E-state index in [1.807, 2.05) is 24.4 Å². The monoisotopic (exact) mass is 443 g/mol. The summed E-state index contributed by atoms with van der Waals surface area (Å²) >= 11 is 1.58. The van der Waals surface area contributed by atoms with Crippen LogP contribution in [0.15, 0.2) is 52.7 Å². The highest BCUT2D eigenvalue weighted by Gasteiger charge is 2.23. The Balaban J connectivity index is 1.81. The van der Waals surface area contributed by atoms with Gasteiger partial charge in [0.2, 0.25) is 10.0 Å². The van der Waals surface area contributed by atoms with Crippen molar-refractivity contribution >= 4 is 33.0 Å². The highest BCUT2D eigenvalue weighted by atomic mass is 32.2. The maximum absolute atomic E-state index is 12.8. The summed E-state index contributed by atoms with van der Waals surface area (Å²) in [6.07, 6.45) is 0. The van der Waals surface area contributed by atoms with Crippen molar-refractivity contribution in [3.05, 3.63) is 64.0 Å². The van der Waals surface area contributed by atoms with Gasteiger partial charge in [0.1, 0.15) is 0 Å². The quantitative estimate of drug-likeness (QED) is 0.595. The normalized spacial score (nSPS) is 12.0. The number of sulfonamides is 1. The van der Waals surface area contributed by atoms with Crippen molar-refractivity contribution in [1.82, 2.24) is 9.71 Å². The molecule has 1 aromatic heterocycles. The lowest BCUT2D eigenvalue weighted by atomic mass is 10.1. The number of amides is 1. The number of aryl methyl sites for hydroxylation is 2. The Morgan fingerprint density at radius 1 is 1.03 bits per heavy atom. The average molecular weight is 444 g/mol. The van der Waals surface area contributed by atoms with Gasteiger partial charge < -0.3 is 5.32 Å². The molecule has 8 heteroatoms. The number of anilines is 1. The minimum absolute atomic E-state index is 0.0578. The van der Waals surface area contributed by atoms with Gasteiger partial charge in [0.05, 0.1) is 15.6 Å². The molecule has 0 radical (unpaired) electrons. The van der Waals surface area contributed by atoms with Gasteiger partial charge in [0, 0.05) is 27.7 Å². The van der Waals surface area contributed by atoms with Crippen LogP contribution >= 0.6 is 11.3 Å². The van der Waals surface area contributed by atoms with Crippen molar-refractivity contribution in [3.63, 3.8) is 0 Å². The van der Waals surface area contributed by atoms with Gasteiger partial charge in [-0.2, -0.15) is 0 Å². The predicted octanol–water partition coefficient (Wildman–Crippen LogP) is 4.76. The fourth-order valence-electron chi connectivity index (χ4n) is 2.89. The van der Waals surface area contributed by atoms with E-state index < -0.39 is 15.6 Å². The second-order valence-electron chi connectivity index (χ2n) is 8.12. The van der Waals surface area contributed by atoms with Crippen LogP contribution in [-0.4, -0.2) is 24.8 Å². The summed E-state index contributed by atoms with van der Waals surface area (Å²) in [5.41, 5.74) is 2.87. The van der Waals surface area contributed by atoms with E-state index in [9.17, 15) is 13.2 Å². The first-order chi connectivity index (χ1) is 13.9. The van der Waals surface area contributed by atoms with Gasteiger partial charge in [-0.15, -0.1) is 11.3 Å². The number of hydrogen-bond acceptors (Lipinski definition) is 5. The molecule has 0 aliphatic heterocycles. The third-order valence-electron chi connectivity index (χ3n) is 4.26. The Kier molecular flexibility index (Phi) is 6.12. The van der Waals surface area contributed by atoms with Crippen LogP contribution in [0, 0.1) is 13.8 Å². The second-order valence-corrected chi connectivity index (χ2v) is 10.9. The van der Waals surface area contributed by atoms with E-state index in [1.54, 1.807) is 57.2 Å². The topological polar surface area (TPSA) is 88.2 Å². The second kappa shape index (κ2) is 8.29. The molecule has 0 spiro atoms. The smallest absolute Gasteiger partial charge is 0.255 e. The van der Waals surface area contributed by atoms with Crippen LogP contribution in [0.5, 0.6) is 0 Å².